The maximum atomic E-state index is 14.1. The minimum absolute atomic E-state index is 0.207. The Balaban J connectivity index is 1.34. The van der Waals surface area contributed by atoms with Crippen LogP contribution in [0.2, 0.25) is 0 Å². The van der Waals surface area contributed by atoms with Gasteiger partial charge in [0.2, 0.25) is 5.91 Å². The number of nitrogens with one attached hydrogen (secondary N) is 2. The van der Waals surface area contributed by atoms with Crippen molar-refractivity contribution < 1.29 is 18.7 Å². The number of amides is 1. The second-order valence-corrected chi connectivity index (χ2v) is 9.22. The number of fused-ring (bicyclic) bond motifs is 1. The van der Waals surface area contributed by atoms with E-state index in [0.717, 1.165) is 28.0 Å². The summed E-state index contributed by atoms with van der Waals surface area (Å²) in [5, 5.41) is 8.09. The Labute approximate surface area is 231 Å². The van der Waals surface area contributed by atoms with Gasteiger partial charge in [0.05, 0.1) is 18.0 Å². The molecule has 7 nitrogen and oxygen atoms in total. The van der Waals surface area contributed by atoms with Gasteiger partial charge in [-0.25, -0.2) is 9.37 Å². The number of anilines is 3. The van der Waals surface area contributed by atoms with E-state index in [4.69, 9.17) is 4.74 Å². The first-order valence-corrected chi connectivity index (χ1v) is 13.1. The SMILES string of the molecule is CCOC(=O)CC(=O)Nc1c(Nc2ccc(-n3ccnc3CCc3ccccc3F)cc2)ccc2ccccc12. The standard InChI is InChI=1S/C32H29FN4O3/c1-2-40-31(39)21-30(38)36-32-26-9-5-3-7-22(26)11-17-28(32)35-24-13-15-25(16-14-24)37-20-19-34-29(37)18-12-23-8-4-6-10-27(23)33/h3-11,13-17,19-20,35H,2,12,18,21H2,1H3,(H,36,38). The number of carbonyl (C=O) groups excluding carboxylic acids is 2. The number of carbonyl (C=O) groups is 2. The van der Waals surface area contributed by atoms with Crippen LogP contribution in [0.15, 0.2) is 97.3 Å². The van der Waals surface area contributed by atoms with E-state index < -0.39 is 11.9 Å². The first-order chi connectivity index (χ1) is 19.5. The molecular formula is C32H29FN4O3. The minimum Gasteiger partial charge on any atom is -0.466 e. The molecule has 0 aliphatic rings. The van der Waals surface area contributed by atoms with Crippen molar-refractivity contribution in [2.75, 3.05) is 17.2 Å². The molecule has 0 atom stereocenters. The van der Waals surface area contributed by atoms with Gasteiger partial charge in [-0.05, 0) is 60.7 Å². The first-order valence-electron chi connectivity index (χ1n) is 13.1. The number of aryl methyl sites for hydroxylation is 2. The van der Waals surface area contributed by atoms with E-state index in [-0.39, 0.29) is 18.8 Å². The molecule has 0 radical (unpaired) electrons. The van der Waals surface area contributed by atoms with Crippen molar-refractivity contribution in [1.29, 1.82) is 0 Å². The average molecular weight is 537 g/mol. The number of esters is 1. The summed E-state index contributed by atoms with van der Waals surface area (Å²) in [5.41, 5.74) is 3.68. The predicted octanol–water partition coefficient (Wildman–Crippen LogP) is 6.59. The van der Waals surface area contributed by atoms with E-state index in [9.17, 15) is 14.0 Å². The number of imidazole rings is 1. The summed E-state index contributed by atoms with van der Waals surface area (Å²) in [4.78, 5) is 29.0. The van der Waals surface area contributed by atoms with Crippen molar-refractivity contribution in [3.8, 4) is 5.69 Å². The molecule has 0 bridgehead atoms. The van der Waals surface area contributed by atoms with Crippen LogP contribution in [-0.4, -0.2) is 28.0 Å². The monoisotopic (exact) mass is 536 g/mol. The van der Waals surface area contributed by atoms with Gasteiger partial charge < -0.3 is 19.9 Å². The van der Waals surface area contributed by atoms with Crippen LogP contribution < -0.4 is 10.6 Å². The third kappa shape index (κ3) is 6.18. The Bertz CT molecular complexity index is 1650. The summed E-state index contributed by atoms with van der Waals surface area (Å²) in [6, 6.07) is 26.2. The van der Waals surface area contributed by atoms with Crippen molar-refractivity contribution in [2.45, 2.75) is 26.2 Å². The molecule has 202 valence electrons. The highest BCUT2D eigenvalue weighted by atomic mass is 19.1. The van der Waals surface area contributed by atoms with Gasteiger partial charge in [-0.1, -0.05) is 48.5 Å². The van der Waals surface area contributed by atoms with E-state index in [1.54, 1.807) is 25.3 Å². The molecule has 0 saturated heterocycles. The molecule has 2 N–H and O–H groups in total. The number of halogens is 1. The largest absolute Gasteiger partial charge is 0.466 e. The molecular weight excluding hydrogens is 507 g/mol. The lowest BCUT2D eigenvalue weighted by Crippen LogP contribution is -2.19. The molecule has 0 aliphatic heterocycles. The van der Waals surface area contributed by atoms with Crippen molar-refractivity contribution in [3.05, 3.63) is 115 Å². The van der Waals surface area contributed by atoms with Crippen LogP contribution in [0.3, 0.4) is 0 Å². The molecule has 4 aromatic carbocycles. The fourth-order valence-electron chi connectivity index (χ4n) is 4.60. The van der Waals surface area contributed by atoms with Crippen LogP contribution in [0.4, 0.5) is 21.5 Å². The highest BCUT2D eigenvalue weighted by molar-refractivity contribution is 6.10. The van der Waals surface area contributed by atoms with E-state index in [1.807, 2.05) is 77.5 Å². The van der Waals surface area contributed by atoms with Crippen LogP contribution in [0.5, 0.6) is 0 Å². The minimum atomic E-state index is -0.571. The van der Waals surface area contributed by atoms with Crippen LogP contribution in [0, 0.1) is 5.82 Å². The zero-order valence-electron chi connectivity index (χ0n) is 22.1. The topological polar surface area (TPSA) is 85.3 Å². The number of benzene rings is 4. The van der Waals surface area contributed by atoms with Gasteiger partial charge in [-0.15, -0.1) is 0 Å². The molecule has 40 heavy (non-hydrogen) atoms. The summed E-state index contributed by atoms with van der Waals surface area (Å²) in [7, 11) is 0. The van der Waals surface area contributed by atoms with Crippen molar-refractivity contribution >= 4 is 39.7 Å². The zero-order valence-corrected chi connectivity index (χ0v) is 22.1. The summed E-state index contributed by atoms with van der Waals surface area (Å²) >= 11 is 0. The van der Waals surface area contributed by atoms with Gasteiger partial charge in [0, 0.05) is 35.6 Å². The molecule has 0 saturated carbocycles. The summed E-state index contributed by atoms with van der Waals surface area (Å²) < 4.78 is 21.0. The van der Waals surface area contributed by atoms with Crippen molar-refractivity contribution in [2.24, 2.45) is 0 Å². The molecule has 5 aromatic rings. The van der Waals surface area contributed by atoms with Crippen LogP contribution in [-0.2, 0) is 27.2 Å². The van der Waals surface area contributed by atoms with Crippen molar-refractivity contribution in [1.82, 2.24) is 9.55 Å². The van der Waals surface area contributed by atoms with E-state index in [2.05, 4.69) is 15.6 Å². The van der Waals surface area contributed by atoms with Gasteiger partial charge in [-0.3, -0.25) is 9.59 Å². The Kier molecular flexibility index (Phi) is 8.15. The third-order valence-corrected chi connectivity index (χ3v) is 6.52. The number of hydrogen-bond acceptors (Lipinski definition) is 5. The Morgan fingerprint density at radius 2 is 1.70 bits per heavy atom. The van der Waals surface area contributed by atoms with Crippen LogP contribution in [0.1, 0.15) is 24.7 Å². The highest BCUT2D eigenvalue weighted by Gasteiger charge is 2.15. The maximum absolute atomic E-state index is 14.1. The molecule has 0 unspecified atom stereocenters. The Morgan fingerprint density at radius 1 is 0.925 bits per heavy atom. The lowest BCUT2D eigenvalue weighted by Gasteiger charge is -2.16. The molecule has 1 aromatic heterocycles. The number of nitrogens with zero attached hydrogens (tertiary/aromatic N) is 2. The van der Waals surface area contributed by atoms with Gasteiger partial charge in [-0.2, -0.15) is 0 Å². The fraction of sp³-hybridized carbons (Fsp3) is 0.156. The van der Waals surface area contributed by atoms with Gasteiger partial charge in [0.1, 0.15) is 18.1 Å². The number of rotatable bonds is 10. The molecule has 0 aliphatic carbocycles. The van der Waals surface area contributed by atoms with Crippen LogP contribution >= 0.6 is 0 Å². The lowest BCUT2D eigenvalue weighted by molar-refractivity contribution is -0.145. The van der Waals surface area contributed by atoms with E-state index >= 15 is 0 Å². The smallest absolute Gasteiger partial charge is 0.315 e. The number of ether oxygens (including phenoxy) is 1. The van der Waals surface area contributed by atoms with Crippen molar-refractivity contribution in [3.63, 3.8) is 0 Å². The van der Waals surface area contributed by atoms with E-state index in [0.29, 0.717) is 29.8 Å². The van der Waals surface area contributed by atoms with E-state index in [1.165, 1.54) is 6.07 Å². The molecule has 0 spiro atoms. The second kappa shape index (κ2) is 12.3. The average Bonchev–Trinajstić information content (AvgIpc) is 3.43. The molecule has 1 heterocycles. The second-order valence-electron chi connectivity index (χ2n) is 9.22. The fourth-order valence-corrected chi connectivity index (χ4v) is 4.60. The predicted molar refractivity (Wildman–Crippen MR) is 154 cm³/mol. The normalized spacial score (nSPS) is 10.8. The molecule has 8 heteroatoms. The number of hydrogen-bond donors (Lipinski definition) is 2. The molecule has 0 fully saturated rings. The van der Waals surface area contributed by atoms with Gasteiger partial charge >= 0.3 is 5.97 Å². The quantitative estimate of drug-likeness (QED) is 0.155. The zero-order chi connectivity index (χ0) is 27.9. The molecule has 5 rings (SSSR count). The van der Waals surface area contributed by atoms with Crippen LogP contribution in [0.25, 0.3) is 16.5 Å². The Morgan fingerprint density at radius 3 is 2.50 bits per heavy atom. The lowest BCUT2D eigenvalue weighted by atomic mass is 10.1. The Hall–Kier alpha value is -4.98. The van der Waals surface area contributed by atoms with Gasteiger partial charge in [0.15, 0.2) is 0 Å². The first kappa shape index (κ1) is 26.6. The highest BCUT2D eigenvalue weighted by Crippen LogP contribution is 2.34. The summed E-state index contributed by atoms with van der Waals surface area (Å²) in [6.07, 6.45) is 4.41. The maximum Gasteiger partial charge on any atom is 0.315 e. The molecule has 1 amide bonds. The number of aromatic nitrogens is 2. The van der Waals surface area contributed by atoms with Gasteiger partial charge in [0.25, 0.3) is 0 Å². The summed E-state index contributed by atoms with van der Waals surface area (Å²) in [6.45, 7) is 1.92. The third-order valence-electron chi connectivity index (χ3n) is 6.52. The summed E-state index contributed by atoms with van der Waals surface area (Å²) in [5.74, 6) is -0.388.